The van der Waals surface area contributed by atoms with Crippen molar-refractivity contribution >= 4 is 5.91 Å². The molecule has 0 atom stereocenters. The van der Waals surface area contributed by atoms with Gasteiger partial charge < -0.3 is 0 Å². The van der Waals surface area contributed by atoms with Crippen LogP contribution in [0, 0.1) is 0 Å². The molecule has 1 amide bonds. The van der Waals surface area contributed by atoms with Crippen molar-refractivity contribution in [2.75, 3.05) is 7.11 Å². The molecule has 0 saturated heterocycles. The highest BCUT2D eigenvalue weighted by Crippen LogP contribution is 1.76. The van der Waals surface area contributed by atoms with Gasteiger partial charge in [0, 0.05) is 7.05 Å². The number of hydrogen-bond acceptors (Lipinski definition) is 4. The zero-order chi connectivity index (χ0) is 9.84. The highest BCUT2D eigenvalue weighted by molar-refractivity contribution is 5.74. The van der Waals surface area contributed by atoms with Crippen molar-refractivity contribution in [3.8, 4) is 0 Å². The molecule has 0 fully saturated rings. The summed E-state index contributed by atoms with van der Waals surface area (Å²) in [7, 11) is 2.87. The van der Waals surface area contributed by atoms with Gasteiger partial charge in [-0.15, -0.1) is 0 Å². The van der Waals surface area contributed by atoms with Crippen molar-refractivity contribution in [1.29, 1.82) is 0 Å². The monoisotopic (exact) mass is 186 g/mol. The Kier molecular flexibility index (Phi) is 2.80. The number of aryl methyl sites for hydroxylation is 1. The summed E-state index contributed by atoms with van der Waals surface area (Å²) in [5.74, 6) is -0.428. The van der Waals surface area contributed by atoms with Gasteiger partial charge in [-0.25, -0.2) is 15.0 Å². The molecule has 13 heavy (non-hydrogen) atoms. The van der Waals surface area contributed by atoms with Gasteiger partial charge in [0.25, 0.3) is 5.91 Å². The Hall–Kier alpha value is -1.63. The highest BCUT2D eigenvalue weighted by atomic mass is 16.6. The number of nitrogens with zero attached hydrogens (tertiary/aromatic N) is 3. The van der Waals surface area contributed by atoms with Crippen LogP contribution in [0.5, 0.6) is 0 Å². The quantitative estimate of drug-likeness (QED) is 0.568. The molecule has 0 spiro atoms. The summed E-state index contributed by atoms with van der Waals surface area (Å²) in [4.78, 5) is 26.5. The lowest BCUT2D eigenvalue weighted by atomic mass is 10.6. The zero-order valence-corrected chi connectivity index (χ0v) is 7.35. The van der Waals surface area contributed by atoms with Gasteiger partial charge in [-0.05, 0) is 0 Å². The third kappa shape index (κ3) is 2.15. The van der Waals surface area contributed by atoms with Crippen LogP contribution in [-0.2, 0) is 23.2 Å². The Morgan fingerprint density at radius 2 is 2.46 bits per heavy atom. The first-order chi connectivity index (χ1) is 6.15. The molecule has 0 aliphatic rings. The molecule has 0 unspecified atom stereocenters. The third-order valence-corrected chi connectivity index (χ3v) is 1.40. The van der Waals surface area contributed by atoms with E-state index in [0.29, 0.717) is 0 Å². The second-order valence-electron chi connectivity index (χ2n) is 2.41. The van der Waals surface area contributed by atoms with Crippen molar-refractivity contribution in [2.24, 2.45) is 7.05 Å². The number of hydrogen-bond donors (Lipinski definition) is 1. The first-order valence-corrected chi connectivity index (χ1v) is 3.55. The van der Waals surface area contributed by atoms with Crippen LogP contribution < -0.4 is 11.2 Å². The summed E-state index contributed by atoms with van der Waals surface area (Å²) in [6, 6.07) is 0. The Bertz CT molecular complexity index is 353. The molecule has 0 radical (unpaired) electrons. The summed E-state index contributed by atoms with van der Waals surface area (Å²) in [6.07, 6.45) is 1.34. The van der Waals surface area contributed by atoms with Crippen LogP contribution in [0.25, 0.3) is 0 Å². The normalized spacial score (nSPS) is 10.0. The maximum absolute atomic E-state index is 11.2. The zero-order valence-electron chi connectivity index (χ0n) is 7.35. The minimum absolute atomic E-state index is 0.145. The Morgan fingerprint density at radius 1 is 1.77 bits per heavy atom. The van der Waals surface area contributed by atoms with E-state index in [9.17, 15) is 9.59 Å². The smallest absolute Gasteiger partial charge is 0.285 e. The van der Waals surface area contributed by atoms with Crippen LogP contribution >= 0.6 is 0 Å². The van der Waals surface area contributed by atoms with Gasteiger partial charge in [0.05, 0.1) is 7.11 Å². The minimum Gasteiger partial charge on any atom is -0.285 e. The van der Waals surface area contributed by atoms with E-state index in [2.05, 4.69) is 15.4 Å². The number of rotatable bonds is 3. The molecule has 0 aromatic carbocycles. The van der Waals surface area contributed by atoms with E-state index in [1.165, 1.54) is 18.0 Å². The van der Waals surface area contributed by atoms with Crippen molar-refractivity contribution in [2.45, 2.75) is 6.54 Å². The van der Waals surface area contributed by atoms with E-state index < -0.39 is 5.91 Å². The average molecular weight is 186 g/mol. The van der Waals surface area contributed by atoms with E-state index >= 15 is 0 Å². The van der Waals surface area contributed by atoms with Crippen molar-refractivity contribution in [1.82, 2.24) is 19.8 Å². The van der Waals surface area contributed by atoms with Gasteiger partial charge in [-0.3, -0.25) is 14.2 Å². The van der Waals surface area contributed by atoms with Gasteiger partial charge >= 0.3 is 5.69 Å². The molecule has 0 aliphatic heterocycles. The fourth-order valence-corrected chi connectivity index (χ4v) is 0.811. The molecule has 7 nitrogen and oxygen atoms in total. The first-order valence-electron chi connectivity index (χ1n) is 3.55. The summed E-state index contributed by atoms with van der Waals surface area (Å²) in [5, 5.41) is 3.69. The summed E-state index contributed by atoms with van der Waals surface area (Å²) in [5.41, 5.74) is 1.74. The van der Waals surface area contributed by atoms with Crippen LogP contribution in [0.3, 0.4) is 0 Å². The fourth-order valence-electron chi connectivity index (χ4n) is 0.811. The number of aromatic nitrogens is 3. The van der Waals surface area contributed by atoms with Crippen LogP contribution in [0.4, 0.5) is 0 Å². The maximum Gasteiger partial charge on any atom is 0.345 e. The lowest BCUT2D eigenvalue weighted by Gasteiger charge is -1.99. The fraction of sp³-hybridized carbons (Fsp3) is 0.500. The molecule has 1 aromatic heterocycles. The summed E-state index contributed by atoms with van der Waals surface area (Å²) >= 11 is 0. The van der Waals surface area contributed by atoms with E-state index in [0.717, 1.165) is 4.68 Å². The van der Waals surface area contributed by atoms with Crippen molar-refractivity contribution in [3.05, 3.63) is 16.8 Å². The Morgan fingerprint density at radius 3 is 2.92 bits per heavy atom. The van der Waals surface area contributed by atoms with Crippen LogP contribution in [0.2, 0.25) is 0 Å². The molecule has 1 N–H and O–H groups in total. The standard InChI is InChI=1S/C6H10N4O3/c1-9-4-7-10(6(9)12)3-5(11)8-13-2/h4H,3H2,1-2H3,(H,8,11). The number of hydroxylamine groups is 1. The number of carbonyl (C=O) groups excluding carboxylic acids is 1. The topological polar surface area (TPSA) is 78.2 Å². The van der Waals surface area contributed by atoms with E-state index in [-0.39, 0.29) is 12.2 Å². The molecule has 1 heterocycles. The molecule has 1 rings (SSSR count). The highest BCUT2D eigenvalue weighted by Gasteiger charge is 2.06. The van der Waals surface area contributed by atoms with Gasteiger partial charge in [-0.1, -0.05) is 0 Å². The SMILES string of the molecule is CONC(=O)Cn1ncn(C)c1=O. The van der Waals surface area contributed by atoms with Crippen molar-refractivity contribution < 1.29 is 9.63 Å². The van der Waals surface area contributed by atoms with E-state index in [1.54, 1.807) is 7.05 Å². The van der Waals surface area contributed by atoms with Gasteiger partial charge in [0.15, 0.2) is 0 Å². The number of amides is 1. The maximum atomic E-state index is 11.2. The molecule has 7 heteroatoms. The predicted octanol–water partition coefficient (Wildman–Crippen LogP) is -1.74. The van der Waals surface area contributed by atoms with Crippen LogP contribution in [-0.4, -0.2) is 27.4 Å². The predicted molar refractivity (Wildman–Crippen MR) is 42.6 cm³/mol. The first kappa shape index (κ1) is 9.46. The van der Waals surface area contributed by atoms with E-state index in [1.807, 2.05) is 0 Å². The number of nitrogens with one attached hydrogen (secondary N) is 1. The molecule has 1 aromatic rings. The molecule has 0 aliphatic carbocycles. The summed E-state index contributed by atoms with van der Waals surface area (Å²) < 4.78 is 2.31. The average Bonchev–Trinajstić information content (AvgIpc) is 2.37. The van der Waals surface area contributed by atoms with Gasteiger partial charge in [0.1, 0.15) is 12.9 Å². The van der Waals surface area contributed by atoms with E-state index in [4.69, 9.17) is 0 Å². The second-order valence-corrected chi connectivity index (χ2v) is 2.41. The Labute approximate surface area is 73.9 Å². The Balaban J connectivity index is 2.69. The van der Waals surface area contributed by atoms with Crippen LogP contribution in [0.1, 0.15) is 0 Å². The lowest BCUT2D eigenvalue weighted by molar-refractivity contribution is -0.132. The minimum atomic E-state index is -0.428. The largest absolute Gasteiger partial charge is 0.345 e. The number of carbonyl (C=O) groups is 1. The third-order valence-electron chi connectivity index (χ3n) is 1.40. The molecular weight excluding hydrogens is 176 g/mol. The molecule has 0 saturated carbocycles. The summed E-state index contributed by atoms with van der Waals surface area (Å²) in [6.45, 7) is -0.145. The molecule has 72 valence electrons. The van der Waals surface area contributed by atoms with Crippen LogP contribution in [0.15, 0.2) is 11.1 Å². The second kappa shape index (κ2) is 3.85. The molecular formula is C6H10N4O3. The van der Waals surface area contributed by atoms with Gasteiger partial charge in [0.2, 0.25) is 0 Å². The van der Waals surface area contributed by atoms with Gasteiger partial charge in [-0.2, -0.15) is 5.10 Å². The molecule has 0 bridgehead atoms. The lowest BCUT2D eigenvalue weighted by Crippen LogP contribution is -2.32. The van der Waals surface area contributed by atoms with Crippen molar-refractivity contribution in [3.63, 3.8) is 0 Å².